The fourth-order valence-corrected chi connectivity index (χ4v) is 1.26. The van der Waals surface area contributed by atoms with Crippen LogP contribution >= 0.6 is 0 Å². The molecular weight excluding hydrogens is 168 g/mol. The highest BCUT2D eigenvalue weighted by molar-refractivity contribution is 5.77. The van der Waals surface area contributed by atoms with Crippen molar-refractivity contribution in [1.29, 1.82) is 0 Å². The molecule has 0 unspecified atom stereocenters. The van der Waals surface area contributed by atoms with Gasteiger partial charge in [-0.05, 0) is 25.1 Å². The number of hydrogen-bond donors (Lipinski definition) is 1. The Hall–Kier alpha value is -1.77. The summed E-state index contributed by atoms with van der Waals surface area (Å²) in [4.78, 5) is 11.4. The van der Waals surface area contributed by atoms with Gasteiger partial charge < -0.3 is 9.52 Å². The maximum Gasteiger partial charge on any atom is 0.193 e. The molecule has 0 atom stereocenters. The molecule has 1 heterocycles. The first-order chi connectivity index (χ1) is 6.16. The van der Waals surface area contributed by atoms with E-state index in [4.69, 9.17) is 9.52 Å². The number of aryl methyl sites for hydroxylation is 1. The third-order valence-corrected chi connectivity index (χ3v) is 1.83. The first-order valence-corrected chi connectivity index (χ1v) is 3.90. The number of rotatable bonds is 0. The largest absolute Gasteiger partial charge is 0.508 e. The molecule has 0 fully saturated rings. The van der Waals surface area contributed by atoms with Crippen molar-refractivity contribution in [2.75, 3.05) is 0 Å². The number of fused-ring (bicyclic) bond motifs is 1. The van der Waals surface area contributed by atoms with Crippen molar-refractivity contribution < 1.29 is 9.52 Å². The van der Waals surface area contributed by atoms with Gasteiger partial charge in [0.2, 0.25) is 0 Å². The number of phenols is 1. The molecule has 0 aliphatic rings. The smallest absolute Gasteiger partial charge is 0.193 e. The van der Waals surface area contributed by atoms with E-state index in [1.807, 2.05) is 0 Å². The van der Waals surface area contributed by atoms with Gasteiger partial charge in [-0.3, -0.25) is 4.79 Å². The van der Waals surface area contributed by atoms with E-state index >= 15 is 0 Å². The van der Waals surface area contributed by atoms with Crippen LogP contribution in [0.2, 0.25) is 0 Å². The fourth-order valence-electron chi connectivity index (χ4n) is 1.26. The summed E-state index contributed by atoms with van der Waals surface area (Å²) < 4.78 is 5.29. The van der Waals surface area contributed by atoms with E-state index < -0.39 is 0 Å². The van der Waals surface area contributed by atoms with Crippen LogP contribution in [0.1, 0.15) is 5.76 Å². The average Bonchev–Trinajstić information content (AvgIpc) is 2.06. The second-order valence-electron chi connectivity index (χ2n) is 2.90. The molecule has 3 nitrogen and oxygen atoms in total. The third kappa shape index (κ3) is 1.28. The maximum atomic E-state index is 11.4. The van der Waals surface area contributed by atoms with Gasteiger partial charge in [-0.2, -0.15) is 0 Å². The van der Waals surface area contributed by atoms with Crippen LogP contribution in [0.25, 0.3) is 11.0 Å². The highest BCUT2D eigenvalue weighted by Crippen LogP contribution is 2.17. The van der Waals surface area contributed by atoms with Crippen molar-refractivity contribution in [3.05, 3.63) is 40.2 Å². The van der Waals surface area contributed by atoms with Gasteiger partial charge in [0.05, 0.1) is 5.39 Å². The van der Waals surface area contributed by atoms with Gasteiger partial charge in [-0.15, -0.1) is 0 Å². The average molecular weight is 176 g/mol. The molecule has 0 bridgehead atoms. The summed E-state index contributed by atoms with van der Waals surface area (Å²) >= 11 is 0. The number of phenolic OH excluding ortho intramolecular Hbond substituents is 1. The number of aromatic hydroxyl groups is 1. The van der Waals surface area contributed by atoms with Crippen LogP contribution in [0.3, 0.4) is 0 Å². The SMILES string of the molecule is Cc1cc(=O)c2cc(O)ccc2o1. The molecule has 13 heavy (non-hydrogen) atoms. The quantitative estimate of drug-likeness (QED) is 0.665. The van der Waals surface area contributed by atoms with E-state index in [0.29, 0.717) is 16.7 Å². The summed E-state index contributed by atoms with van der Waals surface area (Å²) in [5.41, 5.74) is 0.373. The highest BCUT2D eigenvalue weighted by atomic mass is 16.3. The molecule has 0 amide bonds. The Bertz CT molecular complexity index is 511. The van der Waals surface area contributed by atoms with Gasteiger partial charge in [0.15, 0.2) is 5.43 Å². The summed E-state index contributed by atoms with van der Waals surface area (Å²) in [6.07, 6.45) is 0. The zero-order valence-electron chi connectivity index (χ0n) is 7.07. The van der Waals surface area contributed by atoms with E-state index in [0.717, 1.165) is 0 Å². The minimum atomic E-state index is -0.130. The van der Waals surface area contributed by atoms with Crippen LogP contribution in [-0.4, -0.2) is 5.11 Å². The Morgan fingerprint density at radius 3 is 2.85 bits per heavy atom. The molecule has 0 saturated heterocycles. The van der Waals surface area contributed by atoms with Crippen LogP contribution in [0.15, 0.2) is 33.5 Å². The molecule has 1 aromatic carbocycles. The summed E-state index contributed by atoms with van der Waals surface area (Å²) in [5, 5.41) is 9.55. The lowest BCUT2D eigenvalue weighted by Crippen LogP contribution is -1.99. The summed E-state index contributed by atoms with van der Waals surface area (Å²) in [6.45, 7) is 1.72. The molecule has 0 spiro atoms. The van der Waals surface area contributed by atoms with Gasteiger partial charge in [0.1, 0.15) is 17.1 Å². The van der Waals surface area contributed by atoms with Crippen molar-refractivity contribution in [3.8, 4) is 5.75 Å². The summed E-state index contributed by atoms with van der Waals surface area (Å²) in [7, 11) is 0. The monoisotopic (exact) mass is 176 g/mol. The molecule has 3 heteroatoms. The van der Waals surface area contributed by atoms with Gasteiger partial charge in [-0.25, -0.2) is 0 Å². The van der Waals surface area contributed by atoms with E-state index in [9.17, 15) is 4.79 Å². The normalized spacial score (nSPS) is 10.5. The second-order valence-corrected chi connectivity index (χ2v) is 2.90. The van der Waals surface area contributed by atoms with Gasteiger partial charge in [0, 0.05) is 6.07 Å². The molecule has 2 aromatic rings. The zero-order chi connectivity index (χ0) is 9.42. The first kappa shape index (κ1) is 7.86. The van der Waals surface area contributed by atoms with E-state index in [1.54, 1.807) is 13.0 Å². The Labute approximate surface area is 74.2 Å². The lowest BCUT2D eigenvalue weighted by Gasteiger charge is -1.98. The molecule has 0 saturated carbocycles. The molecule has 1 N–H and O–H groups in total. The predicted molar refractivity (Wildman–Crippen MR) is 48.9 cm³/mol. The van der Waals surface area contributed by atoms with Crippen LogP contribution in [0.5, 0.6) is 5.75 Å². The molecule has 0 aliphatic carbocycles. The van der Waals surface area contributed by atoms with Crippen molar-refractivity contribution in [2.24, 2.45) is 0 Å². The summed E-state index contributed by atoms with van der Waals surface area (Å²) in [6, 6.07) is 5.88. The minimum absolute atomic E-state index is 0.0728. The summed E-state index contributed by atoms with van der Waals surface area (Å²) in [5.74, 6) is 0.645. The first-order valence-electron chi connectivity index (χ1n) is 3.90. The van der Waals surface area contributed by atoms with Crippen molar-refractivity contribution in [1.82, 2.24) is 0 Å². The molecule has 2 rings (SSSR count). The van der Waals surface area contributed by atoms with Gasteiger partial charge >= 0.3 is 0 Å². The van der Waals surface area contributed by atoms with E-state index in [1.165, 1.54) is 18.2 Å². The van der Waals surface area contributed by atoms with E-state index in [-0.39, 0.29) is 11.2 Å². The van der Waals surface area contributed by atoms with Crippen LogP contribution in [-0.2, 0) is 0 Å². The van der Waals surface area contributed by atoms with Gasteiger partial charge in [-0.1, -0.05) is 0 Å². The highest BCUT2D eigenvalue weighted by Gasteiger charge is 2.02. The van der Waals surface area contributed by atoms with Crippen LogP contribution < -0.4 is 5.43 Å². The van der Waals surface area contributed by atoms with E-state index in [2.05, 4.69) is 0 Å². The maximum absolute atomic E-state index is 11.4. The molecule has 0 aliphatic heterocycles. The molecule has 1 aromatic heterocycles. The Morgan fingerprint density at radius 2 is 2.08 bits per heavy atom. The minimum Gasteiger partial charge on any atom is -0.508 e. The lowest BCUT2D eigenvalue weighted by atomic mass is 10.2. The number of hydrogen-bond acceptors (Lipinski definition) is 3. The second kappa shape index (κ2) is 2.62. The van der Waals surface area contributed by atoms with Crippen LogP contribution in [0, 0.1) is 6.92 Å². The predicted octanol–water partition coefficient (Wildman–Crippen LogP) is 1.81. The lowest BCUT2D eigenvalue weighted by molar-refractivity contribution is 0.475. The van der Waals surface area contributed by atoms with Crippen molar-refractivity contribution >= 4 is 11.0 Å². The molecule has 66 valence electrons. The van der Waals surface area contributed by atoms with Gasteiger partial charge in [0.25, 0.3) is 0 Å². The Balaban J connectivity index is 2.95. The third-order valence-electron chi connectivity index (χ3n) is 1.83. The number of benzene rings is 1. The van der Waals surface area contributed by atoms with Crippen LogP contribution in [0.4, 0.5) is 0 Å². The Morgan fingerprint density at radius 1 is 1.31 bits per heavy atom. The Kier molecular flexibility index (Phi) is 1.59. The van der Waals surface area contributed by atoms with Crippen molar-refractivity contribution in [3.63, 3.8) is 0 Å². The molecule has 0 radical (unpaired) electrons. The standard InChI is InChI=1S/C10H8O3/c1-6-4-9(12)8-5-7(11)2-3-10(8)13-6/h2-5,11H,1H3. The van der Waals surface area contributed by atoms with Crippen molar-refractivity contribution in [2.45, 2.75) is 6.92 Å². The fraction of sp³-hybridized carbons (Fsp3) is 0.100. The molecular formula is C10H8O3. The topological polar surface area (TPSA) is 50.4 Å². The zero-order valence-corrected chi connectivity index (χ0v) is 7.07.